The summed E-state index contributed by atoms with van der Waals surface area (Å²) in [5.74, 6) is 1.54. The number of allylic oxidation sites excluding steroid dienone is 4. The Bertz CT molecular complexity index is 364. The third-order valence-corrected chi connectivity index (χ3v) is 5.23. The molecule has 2 heteroatoms. The van der Waals surface area contributed by atoms with Crippen molar-refractivity contribution < 1.29 is 0 Å². The smallest absolute Gasteiger partial charge is 0.0108 e. The van der Waals surface area contributed by atoms with Crippen molar-refractivity contribution in [1.29, 1.82) is 0 Å². The van der Waals surface area contributed by atoms with E-state index in [1.165, 1.54) is 51.0 Å². The molecule has 112 valence electrons. The molecule has 2 fully saturated rings. The molecule has 0 radical (unpaired) electrons. The lowest BCUT2D eigenvalue weighted by atomic mass is 9.87. The Hall–Kier alpha value is -0.860. The van der Waals surface area contributed by atoms with Gasteiger partial charge in [-0.2, -0.15) is 0 Å². The highest BCUT2D eigenvalue weighted by Gasteiger charge is 2.31. The predicted octanol–water partition coefficient (Wildman–Crippen LogP) is 3.34. The van der Waals surface area contributed by atoms with E-state index in [9.17, 15) is 0 Å². The van der Waals surface area contributed by atoms with Crippen molar-refractivity contribution in [3.8, 4) is 0 Å². The highest BCUT2D eigenvalue weighted by atomic mass is 15.2. The van der Waals surface area contributed by atoms with Crippen molar-refractivity contribution in [3.05, 3.63) is 37.0 Å². The molecule has 2 aliphatic rings. The Morgan fingerprint density at radius 1 is 1.15 bits per heavy atom. The van der Waals surface area contributed by atoms with Crippen molar-refractivity contribution in [3.63, 3.8) is 0 Å². The molecule has 2 saturated heterocycles. The van der Waals surface area contributed by atoms with Crippen LogP contribution in [0.2, 0.25) is 0 Å². The summed E-state index contributed by atoms with van der Waals surface area (Å²) >= 11 is 0. The van der Waals surface area contributed by atoms with Crippen LogP contribution in [0.4, 0.5) is 0 Å². The first-order chi connectivity index (χ1) is 9.65. The maximum Gasteiger partial charge on any atom is 0.0108 e. The molecule has 0 amide bonds. The minimum Gasteiger partial charge on any atom is -0.306 e. The van der Waals surface area contributed by atoms with Crippen molar-refractivity contribution in [2.45, 2.75) is 32.2 Å². The normalized spacial score (nSPS) is 28.5. The minimum absolute atomic E-state index is 0.681. The van der Waals surface area contributed by atoms with Crippen LogP contribution in [0.25, 0.3) is 0 Å². The lowest BCUT2D eigenvalue weighted by molar-refractivity contribution is 0.115. The van der Waals surface area contributed by atoms with Gasteiger partial charge in [0.25, 0.3) is 0 Å². The summed E-state index contributed by atoms with van der Waals surface area (Å²) in [6.45, 7) is 15.2. The third kappa shape index (κ3) is 3.62. The molecular formula is C18H30N2. The Morgan fingerprint density at radius 3 is 2.35 bits per heavy atom. The lowest BCUT2D eigenvalue weighted by Crippen LogP contribution is -2.44. The molecule has 0 aromatic rings. The van der Waals surface area contributed by atoms with Crippen LogP contribution in [0.1, 0.15) is 26.2 Å². The van der Waals surface area contributed by atoms with E-state index in [0.29, 0.717) is 5.92 Å². The van der Waals surface area contributed by atoms with Gasteiger partial charge in [-0.15, -0.1) is 0 Å². The topological polar surface area (TPSA) is 6.48 Å². The number of piperidine rings is 1. The van der Waals surface area contributed by atoms with Gasteiger partial charge >= 0.3 is 0 Å². The summed E-state index contributed by atoms with van der Waals surface area (Å²) in [6.07, 6.45) is 9.92. The predicted molar refractivity (Wildman–Crippen MR) is 87.8 cm³/mol. The van der Waals surface area contributed by atoms with Gasteiger partial charge in [-0.3, -0.25) is 0 Å². The van der Waals surface area contributed by atoms with E-state index in [2.05, 4.69) is 43.0 Å². The van der Waals surface area contributed by atoms with Gasteiger partial charge < -0.3 is 9.80 Å². The van der Waals surface area contributed by atoms with Crippen molar-refractivity contribution in [2.24, 2.45) is 11.8 Å². The van der Waals surface area contributed by atoms with Gasteiger partial charge in [0.15, 0.2) is 0 Å². The third-order valence-electron chi connectivity index (χ3n) is 5.23. The van der Waals surface area contributed by atoms with Crippen LogP contribution < -0.4 is 0 Å². The number of nitrogens with zero attached hydrogens (tertiary/aromatic N) is 2. The zero-order valence-corrected chi connectivity index (χ0v) is 13.2. The molecule has 2 unspecified atom stereocenters. The molecule has 2 nitrogen and oxygen atoms in total. The van der Waals surface area contributed by atoms with Crippen LogP contribution in [0.5, 0.6) is 0 Å². The zero-order chi connectivity index (χ0) is 14.5. The largest absolute Gasteiger partial charge is 0.306 e. The number of rotatable bonds is 5. The van der Waals surface area contributed by atoms with Crippen LogP contribution in [-0.2, 0) is 0 Å². The van der Waals surface area contributed by atoms with Gasteiger partial charge in [-0.1, -0.05) is 31.4 Å². The molecule has 2 aliphatic heterocycles. The Morgan fingerprint density at radius 2 is 1.85 bits per heavy atom. The highest BCUT2D eigenvalue weighted by Crippen LogP contribution is 2.29. The second kappa shape index (κ2) is 7.24. The SMILES string of the molecule is C=C/C=C(\C=C)C1CCN(C(C)C2CCN(C)C2)CC1. The van der Waals surface area contributed by atoms with Gasteiger partial charge in [0.2, 0.25) is 0 Å². The Balaban J connectivity index is 1.86. The average molecular weight is 274 g/mol. The van der Waals surface area contributed by atoms with Crippen molar-refractivity contribution >= 4 is 0 Å². The van der Waals surface area contributed by atoms with Gasteiger partial charge in [-0.25, -0.2) is 0 Å². The lowest BCUT2D eigenvalue weighted by Gasteiger charge is -2.39. The molecule has 0 aliphatic carbocycles. The summed E-state index contributed by atoms with van der Waals surface area (Å²) in [6, 6.07) is 0.733. The quantitative estimate of drug-likeness (QED) is 0.710. The molecule has 0 aromatic heterocycles. The Labute approximate surface area is 124 Å². The molecule has 0 spiro atoms. The molecule has 0 N–H and O–H groups in total. The van der Waals surface area contributed by atoms with E-state index in [0.717, 1.165) is 12.0 Å². The van der Waals surface area contributed by atoms with Crippen LogP contribution in [0.3, 0.4) is 0 Å². The second-order valence-corrected chi connectivity index (χ2v) is 6.47. The molecule has 2 atom stereocenters. The zero-order valence-electron chi connectivity index (χ0n) is 13.2. The fourth-order valence-corrected chi connectivity index (χ4v) is 3.81. The first-order valence-electron chi connectivity index (χ1n) is 8.03. The average Bonchev–Trinajstić information content (AvgIpc) is 2.91. The first-order valence-corrected chi connectivity index (χ1v) is 8.03. The van der Waals surface area contributed by atoms with Crippen LogP contribution in [-0.4, -0.2) is 49.1 Å². The summed E-state index contributed by atoms with van der Waals surface area (Å²) in [4.78, 5) is 5.17. The van der Waals surface area contributed by atoms with E-state index < -0.39 is 0 Å². The second-order valence-electron chi connectivity index (χ2n) is 6.47. The monoisotopic (exact) mass is 274 g/mol. The molecular weight excluding hydrogens is 244 g/mol. The first kappa shape index (κ1) is 15.5. The fourth-order valence-electron chi connectivity index (χ4n) is 3.81. The minimum atomic E-state index is 0.681. The Kier molecular flexibility index (Phi) is 5.62. The summed E-state index contributed by atoms with van der Waals surface area (Å²) in [5.41, 5.74) is 1.37. The van der Waals surface area contributed by atoms with Crippen molar-refractivity contribution in [1.82, 2.24) is 9.80 Å². The number of hydrogen-bond donors (Lipinski definition) is 0. The van der Waals surface area contributed by atoms with E-state index >= 15 is 0 Å². The molecule has 2 heterocycles. The highest BCUT2D eigenvalue weighted by molar-refractivity contribution is 5.24. The van der Waals surface area contributed by atoms with Gasteiger partial charge in [0, 0.05) is 12.6 Å². The van der Waals surface area contributed by atoms with Crippen LogP contribution in [0.15, 0.2) is 37.0 Å². The number of hydrogen-bond acceptors (Lipinski definition) is 2. The van der Waals surface area contributed by atoms with Crippen LogP contribution in [0, 0.1) is 11.8 Å². The summed E-state index contributed by atoms with van der Waals surface area (Å²) in [7, 11) is 2.25. The fraction of sp³-hybridized carbons (Fsp3) is 0.667. The van der Waals surface area contributed by atoms with Crippen molar-refractivity contribution in [2.75, 3.05) is 33.2 Å². The van der Waals surface area contributed by atoms with Gasteiger partial charge in [0.1, 0.15) is 0 Å². The van der Waals surface area contributed by atoms with Crippen LogP contribution >= 0.6 is 0 Å². The summed E-state index contributed by atoms with van der Waals surface area (Å²) in [5, 5.41) is 0. The summed E-state index contributed by atoms with van der Waals surface area (Å²) < 4.78 is 0. The van der Waals surface area contributed by atoms with E-state index in [-0.39, 0.29) is 0 Å². The van der Waals surface area contributed by atoms with E-state index in [1.807, 2.05) is 12.2 Å². The molecule has 0 saturated carbocycles. The molecule has 20 heavy (non-hydrogen) atoms. The maximum absolute atomic E-state index is 3.95. The van der Waals surface area contributed by atoms with E-state index in [1.54, 1.807) is 0 Å². The number of likely N-dealkylation sites (tertiary alicyclic amines) is 2. The standard InChI is InChI=1S/C18H30N2/c1-5-7-16(6-2)17-9-12-20(13-10-17)15(3)18-8-11-19(4)14-18/h5-7,15,17-18H,1-2,8-14H2,3-4H3/b16-7+. The maximum atomic E-state index is 3.95. The molecule has 0 bridgehead atoms. The van der Waals surface area contributed by atoms with Gasteiger partial charge in [-0.05, 0) is 70.3 Å². The van der Waals surface area contributed by atoms with Gasteiger partial charge in [0.05, 0.1) is 0 Å². The molecule has 0 aromatic carbocycles. The van der Waals surface area contributed by atoms with E-state index in [4.69, 9.17) is 0 Å². The molecule has 2 rings (SSSR count).